The number of nitrogens with zero attached hydrogens (tertiary/aromatic N) is 1. The minimum absolute atomic E-state index is 0.0138. The Labute approximate surface area is 120 Å². The smallest absolute Gasteiger partial charge is 0.257 e. The predicted molar refractivity (Wildman–Crippen MR) is 77.4 cm³/mol. The molecule has 1 N–H and O–H groups in total. The van der Waals surface area contributed by atoms with Crippen molar-refractivity contribution in [2.45, 2.75) is 46.1 Å². The Bertz CT molecular complexity index is 415. The van der Waals surface area contributed by atoms with Gasteiger partial charge in [-0.2, -0.15) is 0 Å². The summed E-state index contributed by atoms with van der Waals surface area (Å²) < 4.78 is 4.95. The van der Waals surface area contributed by atoms with Crippen molar-refractivity contribution in [1.82, 2.24) is 10.2 Å². The fourth-order valence-electron chi connectivity index (χ4n) is 1.87. The number of hydrogen-bond donors (Lipinski definition) is 1. The van der Waals surface area contributed by atoms with Crippen LogP contribution in [0.15, 0.2) is 23.0 Å². The fraction of sp³-hybridized carbons (Fsp3) is 0.600. The molecule has 1 rings (SSSR count). The lowest BCUT2D eigenvalue weighted by atomic mass is 10.1. The maximum Gasteiger partial charge on any atom is 0.257 e. The molecule has 0 unspecified atom stereocenters. The van der Waals surface area contributed by atoms with Crippen LogP contribution in [0.2, 0.25) is 0 Å². The SMILES string of the molecule is CCCNC(=O)CCN(C(=O)c1ccoc1)[C@@H](C)CC. The highest BCUT2D eigenvalue weighted by molar-refractivity contribution is 5.94. The fourth-order valence-corrected chi connectivity index (χ4v) is 1.87. The van der Waals surface area contributed by atoms with E-state index in [1.807, 2.05) is 20.8 Å². The first-order valence-corrected chi connectivity index (χ1v) is 7.20. The number of hydrogen-bond acceptors (Lipinski definition) is 3. The van der Waals surface area contributed by atoms with Crippen molar-refractivity contribution in [2.75, 3.05) is 13.1 Å². The Morgan fingerprint density at radius 1 is 1.40 bits per heavy atom. The number of nitrogens with one attached hydrogen (secondary N) is 1. The van der Waals surface area contributed by atoms with Crippen molar-refractivity contribution >= 4 is 11.8 Å². The predicted octanol–water partition coefficient (Wildman–Crippen LogP) is 2.44. The van der Waals surface area contributed by atoms with Crippen LogP contribution in [-0.4, -0.2) is 35.8 Å². The Morgan fingerprint density at radius 3 is 2.70 bits per heavy atom. The lowest BCUT2D eigenvalue weighted by Gasteiger charge is -2.28. The molecule has 1 aromatic heterocycles. The topological polar surface area (TPSA) is 62.6 Å². The molecule has 0 radical (unpaired) electrons. The van der Waals surface area contributed by atoms with Crippen molar-refractivity contribution < 1.29 is 14.0 Å². The Kier molecular flexibility index (Phi) is 6.84. The zero-order chi connectivity index (χ0) is 15.0. The van der Waals surface area contributed by atoms with Gasteiger partial charge in [-0.3, -0.25) is 9.59 Å². The summed E-state index contributed by atoms with van der Waals surface area (Å²) in [5.41, 5.74) is 0.527. The van der Waals surface area contributed by atoms with Gasteiger partial charge in [0.05, 0.1) is 11.8 Å². The number of carbonyl (C=O) groups excluding carboxylic acids is 2. The van der Waals surface area contributed by atoms with Crippen LogP contribution in [0.25, 0.3) is 0 Å². The van der Waals surface area contributed by atoms with E-state index in [4.69, 9.17) is 4.42 Å². The molecular formula is C15H24N2O3. The second-order valence-electron chi connectivity index (χ2n) is 4.87. The van der Waals surface area contributed by atoms with Gasteiger partial charge in [-0.15, -0.1) is 0 Å². The number of carbonyl (C=O) groups is 2. The highest BCUT2D eigenvalue weighted by atomic mass is 16.3. The van der Waals surface area contributed by atoms with Gasteiger partial charge >= 0.3 is 0 Å². The van der Waals surface area contributed by atoms with Gasteiger partial charge in [0.15, 0.2) is 0 Å². The van der Waals surface area contributed by atoms with Crippen LogP contribution in [0.4, 0.5) is 0 Å². The first-order chi connectivity index (χ1) is 9.60. The zero-order valence-corrected chi connectivity index (χ0v) is 12.5. The van der Waals surface area contributed by atoms with E-state index in [1.165, 1.54) is 12.5 Å². The van der Waals surface area contributed by atoms with Crippen molar-refractivity contribution in [3.05, 3.63) is 24.2 Å². The number of amides is 2. The van der Waals surface area contributed by atoms with Gasteiger partial charge in [-0.25, -0.2) is 0 Å². The molecular weight excluding hydrogens is 256 g/mol. The van der Waals surface area contributed by atoms with Crippen molar-refractivity contribution in [3.8, 4) is 0 Å². The lowest BCUT2D eigenvalue weighted by Crippen LogP contribution is -2.40. The van der Waals surface area contributed by atoms with Crippen LogP contribution >= 0.6 is 0 Å². The van der Waals surface area contributed by atoms with Crippen molar-refractivity contribution in [1.29, 1.82) is 0 Å². The average molecular weight is 280 g/mol. The molecule has 0 aliphatic carbocycles. The highest BCUT2D eigenvalue weighted by Crippen LogP contribution is 2.12. The lowest BCUT2D eigenvalue weighted by molar-refractivity contribution is -0.121. The summed E-state index contributed by atoms with van der Waals surface area (Å²) in [6, 6.07) is 1.74. The summed E-state index contributed by atoms with van der Waals surface area (Å²) in [5, 5.41) is 2.82. The number of rotatable bonds is 8. The summed E-state index contributed by atoms with van der Waals surface area (Å²) in [4.78, 5) is 25.8. The van der Waals surface area contributed by atoms with E-state index in [0.29, 0.717) is 25.1 Å². The summed E-state index contributed by atoms with van der Waals surface area (Å²) in [5.74, 6) is -0.100. The van der Waals surface area contributed by atoms with E-state index in [0.717, 1.165) is 12.8 Å². The molecule has 5 nitrogen and oxygen atoms in total. The van der Waals surface area contributed by atoms with E-state index >= 15 is 0 Å². The Morgan fingerprint density at radius 2 is 2.15 bits per heavy atom. The van der Waals surface area contributed by atoms with Crippen LogP contribution in [0.5, 0.6) is 0 Å². The van der Waals surface area contributed by atoms with Gasteiger partial charge in [0.1, 0.15) is 6.26 Å². The third kappa shape index (κ3) is 4.72. The minimum atomic E-state index is -0.0867. The summed E-state index contributed by atoms with van der Waals surface area (Å²) in [6.07, 6.45) is 5.01. The minimum Gasteiger partial charge on any atom is -0.472 e. The van der Waals surface area contributed by atoms with E-state index in [-0.39, 0.29) is 17.9 Å². The maximum absolute atomic E-state index is 12.4. The molecule has 2 amide bonds. The second-order valence-corrected chi connectivity index (χ2v) is 4.87. The van der Waals surface area contributed by atoms with E-state index in [1.54, 1.807) is 11.0 Å². The molecule has 1 heterocycles. The molecule has 112 valence electrons. The second kappa shape index (κ2) is 8.40. The molecule has 0 aliphatic heterocycles. The molecule has 0 aliphatic rings. The van der Waals surface area contributed by atoms with Crippen LogP contribution in [0, 0.1) is 0 Å². The van der Waals surface area contributed by atoms with Gasteiger partial charge in [0.25, 0.3) is 5.91 Å². The van der Waals surface area contributed by atoms with Crippen molar-refractivity contribution in [3.63, 3.8) is 0 Å². The van der Waals surface area contributed by atoms with Gasteiger partial charge < -0.3 is 14.6 Å². The van der Waals surface area contributed by atoms with E-state index < -0.39 is 0 Å². The molecule has 5 heteroatoms. The molecule has 0 spiro atoms. The van der Waals surface area contributed by atoms with Crippen molar-refractivity contribution in [2.24, 2.45) is 0 Å². The van der Waals surface area contributed by atoms with Crippen LogP contribution in [0.3, 0.4) is 0 Å². The third-order valence-corrected chi connectivity index (χ3v) is 3.30. The standard InChI is InChI=1S/C15H24N2O3/c1-4-8-16-14(18)6-9-17(12(3)5-2)15(19)13-7-10-20-11-13/h7,10-12H,4-6,8-9H2,1-3H3,(H,16,18)/t12-/m0/s1. The average Bonchev–Trinajstić information content (AvgIpc) is 2.98. The molecule has 1 aromatic rings. The van der Waals surface area contributed by atoms with Gasteiger partial charge in [0.2, 0.25) is 5.91 Å². The summed E-state index contributed by atoms with van der Waals surface area (Å²) in [6.45, 7) is 7.12. The molecule has 0 saturated heterocycles. The first kappa shape index (κ1) is 16.3. The van der Waals surface area contributed by atoms with Crippen LogP contribution < -0.4 is 5.32 Å². The van der Waals surface area contributed by atoms with E-state index in [9.17, 15) is 9.59 Å². The summed E-state index contributed by atoms with van der Waals surface area (Å²) in [7, 11) is 0. The first-order valence-electron chi connectivity index (χ1n) is 7.20. The molecule has 0 aromatic carbocycles. The Hall–Kier alpha value is -1.78. The summed E-state index contributed by atoms with van der Waals surface area (Å²) >= 11 is 0. The number of furan rings is 1. The molecule has 20 heavy (non-hydrogen) atoms. The maximum atomic E-state index is 12.4. The van der Waals surface area contributed by atoms with Gasteiger partial charge in [0, 0.05) is 25.6 Å². The zero-order valence-electron chi connectivity index (χ0n) is 12.5. The highest BCUT2D eigenvalue weighted by Gasteiger charge is 2.21. The van der Waals surface area contributed by atoms with Crippen LogP contribution in [0.1, 0.15) is 50.4 Å². The Balaban J connectivity index is 2.61. The molecule has 0 fully saturated rings. The third-order valence-electron chi connectivity index (χ3n) is 3.30. The molecule has 0 bridgehead atoms. The monoisotopic (exact) mass is 280 g/mol. The van der Waals surface area contributed by atoms with Gasteiger partial charge in [-0.1, -0.05) is 13.8 Å². The van der Waals surface area contributed by atoms with Gasteiger partial charge in [-0.05, 0) is 25.8 Å². The normalized spacial score (nSPS) is 11.9. The van der Waals surface area contributed by atoms with E-state index in [2.05, 4.69) is 5.32 Å². The molecule has 1 atom stereocenters. The quantitative estimate of drug-likeness (QED) is 0.795. The molecule has 0 saturated carbocycles. The van der Waals surface area contributed by atoms with Crippen LogP contribution in [-0.2, 0) is 4.79 Å². The largest absolute Gasteiger partial charge is 0.472 e.